The van der Waals surface area contributed by atoms with Crippen LogP contribution in [0, 0.1) is 12.1 Å². The molecule has 8 rings (SSSR count). The Morgan fingerprint density at radius 1 is 0.737 bits per heavy atom. The van der Waals surface area contributed by atoms with E-state index in [1.54, 1.807) is 0 Å². The molecule has 2 aromatic heterocycles. The normalized spacial score (nSPS) is 16.6. The van der Waals surface area contributed by atoms with Gasteiger partial charge in [-0.1, -0.05) is 85.0 Å². The van der Waals surface area contributed by atoms with Gasteiger partial charge < -0.3 is 9.13 Å². The monoisotopic (exact) mass is 486 g/mol. The number of hydrogen-bond acceptors (Lipinski definition) is 0. The first-order chi connectivity index (χ1) is 18.9. The first-order valence-electron chi connectivity index (χ1n) is 13.5. The lowest BCUT2D eigenvalue weighted by molar-refractivity contribution is 0.837. The topological polar surface area (TPSA) is 9.86 Å². The van der Waals surface area contributed by atoms with Crippen LogP contribution in [0.15, 0.2) is 109 Å². The second-order valence-electron chi connectivity index (χ2n) is 10.3. The van der Waals surface area contributed by atoms with Crippen LogP contribution >= 0.6 is 0 Å². The van der Waals surface area contributed by atoms with Gasteiger partial charge >= 0.3 is 0 Å². The van der Waals surface area contributed by atoms with Gasteiger partial charge in [-0.2, -0.15) is 0 Å². The minimum atomic E-state index is 0.378. The van der Waals surface area contributed by atoms with Crippen LogP contribution in [0.1, 0.15) is 35.6 Å². The van der Waals surface area contributed by atoms with Crippen molar-refractivity contribution in [3.63, 3.8) is 0 Å². The zero-order chi connectivity index (χ0) is 25.1. The number of benzene rings is 3. The number of fused-ring (bicyclic) bond motifs is 6. The lowest BCUT2D eigenvalue weighted by atomic mass is 9.91. The smallest absolute Gasteiger partial charge is 0.0628 e. The molecule has 2 aliphatic carbocycles. The molecule has 0 aliphatic heterocycles. The number of nitrogens with zero attached hydrogens (tertiary/aromatic N) is 2. The number of para-hydroxylation sites is 2. The van der Waals surface area contributed by atoms with Crippen molar-refractivity contribution >= 4 is 44.5 Å². The Labute approximate surface area is 222 Å². The standard InChI is InChI=1S/C36H26N2/c1-5-13-33-29(9-1)30-10-2-6-14-34(30)37(33)27-21-17-25(18-22-27)26-19-23-28(24-20-26)38-35-15-7-3-11-31(35)32-12-4-8-16-36(32)38/h1-3,5-6,8-11,13-14,16-19,21-24,26H,7,15,20H2. The fourth-order valence-electron chi connectivity index (χ4n) is 6.42. The minimum absolute atomic E-state index is 0.378. The lowest BCUT2D eigenvalue weighted by Crippen LogP contribution is -2.07. The molecule has 1 unspecified atom stereocenters. The fourth-order valence-corrected chi connectivity index (χ4v) is 6.42. The van der Waals surface area contributed by atoms with Gasteiger partial charge in [0.15, 0.2) is 0 Å². The molecule has 0 N–H and O–H groups in total. The maximum absolute atomic E-state index is 3.36. The van der Waals surface area contributed by atoms with E-state index in [1.807, 2.05) is 6.07 Å². The summed E-state index contributed by atoms with van der Waals surface area (Å²) in [6, 6.07) is 37.2. The van der Waals surface area contributed by atoms with Gasteiger partial charge in [-0.05, 0) is 67.3 Å². The molecule has 0 saturated carbocycles. The quantitative estimate of drug-likeness (QED) is 0.236. The zero-order valence-corrected chi connectivity index (χ0v) is 21.1. The maximum atomic E-state index is 3.36. The van der Waals surface area contributed by atoms with Gasteiger partial charge in [-0.3, -0.25) is 0 Å². The van der Waals surface area contributed by atoms with E-state index in [-0.39, 0.29) is 0 Å². The molecular formula is C36H26N2. The summed E-state index contributed by atoms with van der Waals surface area (Å²) in [4.78, 5) is 0. The highest BCUT2D eigenvalue weighted by Crippen LogP contribution is 2.37. The first-order valence-corrected chi connectivity index (χ1v) is 13.5. The molecule has 0 bridgehead atoms. The molecule has 2 heterocycles. The highest BCUT2D eigenvalue weighted by Gasteiger charge is 2.21. The predicted octanol–water partition coefficient (Wildman–Crippen LogP) is 8.88. The Hall–Kier alpha value is -4.74. The Morgan fingerprint density at radius 3 is 2.24 bits per heavy atom. The first kappa shape index (κ1) is 21.4. The van der Waals surface area contributed by atoms with Gasteiger partial charge in [0.2, 0.25) is 0 Å². The van der Waals surface area contributed by atoms with Crippen molar-refractivity contribution in [3.8, 4) is 5.69 Å². The fraction of sp³-hybridized carbons (Fsp3) is 0.111. The molecule has 0 saturated heterocycles. The minimum Gasteiger partial charge on any atom is -0.313 e. The van der Waals surface area contributed by atoms with E-state index < -0.39 is 0 Å². The van der Waals surface area contributed by atoms with Gasteiger partial charge in [0.25, 0.3) is 0 Å². The molecule has 38 heavy (non-hydrogen) atoms. The van der Waals surface area contributed by atoms with E-state index in [9.17, 15) is 0 Å². The van der Waals surface area contributed by atoms with Crippen molar-refractivity contribution in [2.45, 2.75) is 25.2 Å². The Balaban J connectivity index is 1.13. The van der Waals surface area contributed by atoms with Crippen molar-refractivity contribution in [2.75, 3.05) is 0 Å². The zero-order valence-electron chi connectivity index (χ0n) is 21.1. The molecule has 180 valence electrons. The molecule has 6 aromatic rings. The highest BCUT2D eigenvalue weighted by atomic mass is 15.0. The van der Waals surface area contributed by atoms with Gasteiger partial charge in [0.05, 0.1) is 21.9 Å². The van der Waals surface area contributed by atoms with Crippen LogP contribution in [0.3, 0.4) is 0 Å². The molecule has 0 spiro atoms. The third kappa shape index (κ3) is 3.15. The average molecular weight is 487 g/mol. The van der Waals surface area contributed by atoms with Gasteiger partial charge in [0, 0.05) is 39.3 Å². The SMILES string of the molecule is c1ccc2c(c#1)c1c(n2C2=CCC(c3ccc(-n4c5ccccc5c5ccccc54)cc3)C=C2)CCC=C1. The molecule has 0 amide bonds. The number of rotatable bonds is 3. The third-order valence-electron chi connectivity index (χ3n) is 8.20. The predicted molar refractivity (Wildman–Crippen MR) is 159 cm³/mol. The molecule has 1 atom stereocenters. The average Bonchev–Trinajstić information content (AvgIpc) is 3.51. The molecule has 0 fully saturated rings. The summed E-state index contributed by atoms with van der Waals surface area (Å²) in [5.74, 6) is 0.378. The molecule has 2 aliphatic rings. The van der Waals surface area contributed by atoms with E-state index in [4.69, 9.17) is 0 Å². The van der Waals surface area contributed by atoms with Gasteiger partial charge in [-0.25, -0.2) is 0 Å². The lowest BCUT2D eigenvalue weighted by Gasteiger charge is -2.20. The Morgan fingerprint density at radius 2 is 1.50 bits per heavy atom. The van der Waals surface area contributed by atoms with Crippen molar-refractivity contribution in [2.24, 2.45) is 0 Å². The second kappa shape index (κ2) is 8.40. The molecular weight excluding hydrogens is 460 g/mol. The van der Waals surface area contributed by atoms with E-state index in [1.165, 1.54) is 60.9 Å². The van der Waals surface area contributed by atoms with Crippen LogP contribution in [0.2, 0.25) is 0 Å². The summed E-state index contributed by atoms with van der Waals surface area (Å²) in [6.07, 6.45) is 14.8. The summed E-state index contributed by atoms with van der Waals surface area (Å²) in [5, 5.41) is 3.77. The van der Waals surface area contributed by atoms with Crippen molar-refractivity contribution in [1.29, 1.82) is 0 Å². The molecule has 2 heteroatoms. The van der Waals surface area contributed by atoms with E-state index in [2.05, 4.69) is 131 Å². The van der Waals surface area contributed by atoms with Crippen LogP contribution in [-0.4, -0.2) is 9.13 Å². The van der Waals surface area contributed by atoms with Crippen LogP contribution in [-0.2, 0) is 6.42 Å². The van der Waals surface area contributed by atoms with Gasteiger partial charge in [0.1, 0.15) is 0 Å². The van der Waals surface area contributed by atoms with Crippen molar-refractivity contribution < 1.29 is 0 Å². The highest BCUT2D eigenvalue weighted by molar-refractivity contribution is 6.09. The van der Waals surface area contributed by atoms with Gasteiger partial charge in [-0.15, -0.1) is 0 Å². The summed E-state index contributed by atoms with van der Waals surface area (Å²) in [7, 11) is 0. The third-order valence-corrected chi connectivity index (χ3v) is 8.20. The van der Waals surface area contributed by atoms with Crippen molar-refractivity contribution in [3.05, 3.63) is 138 Å². The van der Waals surface area contributed by atoms with E-state index in [0.29, 0.717) is 5.92 Å². The summed E-state index contributed by atoms with van der Waals surface area (Å²) < 4.78 is 4.82. The molecule has 2 nitrogen and oxygen atoms in total. The Kier molecular flexibility index (Phi) is 4.72. The largest absolute Gasteiger partial charge is 0.313 e. The molecule has 4 aromatic carbocycles. The van der Waals surface area contributed by atoms with E-state index >= 15 is 0 Å². The summed E-state index contributed by atoms with van der Waals surface area (Å²) in [6.45, 7) is 0. The van der Waals surface area contributed by atoms with Crippen molar-refractivity contribution in [1.82, 2.24) is 9.13 Å². The van der Waals surface area contributed by atoms with Crippen LogP contribution < -0.4 is 0 Å². The molecule has 0 radical (unpaired) electrons. The summed E-state index contributed by atoms with van der Waals surface area (Å²) in [5.41, 5.74) is 10.2. The second-order valence-corrected chi connectivity index (χ2v) is 10.3. The number of aromatic nitrogens is 2. The van der Waals surface area contributed by atoms with Crippen LogP contribution in [0.4, 0.5) is 0 Å². The van der Waals surface area contributed by atoms with E-state index in [0.717, 1.165) is 19.3 Å². The summed E-state index contributed by atoms with van der Waals surface area (Å²) >= 11 is 0. The van der Waals surface area contributed by atoms with Crippen LogP contribution in [0.5, 0.6) is 0 Å². The number of hydrogen-bond donors (Lipinski definition) is 0. The Bertz CT molecular complexity index is 1890. The number of allylic oxidation sites excluding steroid dienone is 5. The maximum Gasteiger partial charge on any atom is 0.0628 e. The van der Waals surface area contributed by atoms with Crippen LogP contribution in [0.25, 0.3) is 50.2 Å².